The largest absolute Gasteiger partial charge is 0.462 e. The Bertz CT molecular complexity index is 541. The number of halogens is 1. The number of aromatic nitrogens is 1. The van der Waals surface area contributed by atoms with Crippen LogP contribution in [-0.2, 0) is 4.79 Å². The molecule has 18 heavy (non-hydrogen) atoms. The highest BCUT2D eigenvalue weighted by Gasteiger charge is 2.11. The van der Waals surface area contributed by atoms with Crippen molar-refractivity contribution >= 4 is 29.3 Å². The summed E-state index contributed by atoms with van der Waals surface area (Å²) >= 11 is 0. The van der Waals surface area contributed by atoms with Gasteiger partial charge in [0.1, 0.15) is 17.9 Å². The first-order chi connectivity index (χ1) is 8.20. The van der Waals surface area contributed by atoms with Gasteiger partial charge in [0.25, 0.3) is 0 Å². The molecule has 98 valence electrons. The molecule has 0 saturated carbocycles. The number of esters is 1. The van der Waals surface area contributed by atoms with E-state index in [4.69, 9.17) is 19.7 Å². The number of carbonyl (C=O) groups excluding carboxylic acids is 1. The quantitative estimate of drug-likeness (QED) is 0.670. The van der Waals surface area contributed by atoms with Crippen LogP contribution in [0.25, 0.3) is 10.9 Å². The van der Waals surface area contributed by atoms with E-state index in [9.17, 15) is 4.79 Å². The number of hydrogen-bond donors (Lipinski definition) is 1. The van der Waals surface area contributed by atoms with Crippen molar-refractivity contribution in [2.75, 3.05) is 13.2 Å². The van der Waals surface area contributed by atoms with Gasteiger partial charge in [0, 0.05) is 13.5 Å². The molecule has 0 aliphatic heterocycles. The van der Waals surface area contributed by atoms with Crippen molar-refractivity contribution in [3.63, 3.8) is 0 Å². The van der Waals surface area contributed by atoms with Crippen molar-refractivity contribution in [2.45, 2.75) is 6.92 Å². The van der Waals surface area contributed by atoms with E-state index in [0.29, 0.717) is 29.8 Å². The van der Waals surface area contributed by atoms with Gasteiger partial charge in [-0.15, -0.1) is 12.4 Å². The minimum absolute atomic E-state index is 0. The van der Waals surface area contributed by atoms with E-state index in [-0.39, 0.29) is 24.3 Å². The van der Waals surface area contributed by atoms with Crippen molar-refractivity contribution in [1.29, 1.82) is 0 Å². The summed E-state index contributed by atoms with van der Waals surface area (Å²) in [7, 11) is 0. The molecule has 0 fully saturated rings. The first-order valence-electron chi connectivity index (χ1n) is 5.11. The van der Waals surface area contributed by atoms with Crippen LogP contribution >= 0.6 is 12.4 Å². The predicted molar refractivity (Wildman–Crippen MR) is 67.1 cm³/mol. The van der Waals surface area contributed by atoms with Crippen molar-refractivity contribution in [3.8, 4) is 11.7 Å². The fourth-order valence-electron chi connectivity index (χ4n) is 1.38. The van der Waals surface area contributed by atoms with Gasteiger partial charge in [-0.3, -0.25) is 4.79 Å². The second kappa shape index (κ2) is 6.23. The minimum Gasteiger partial charge on any atom is -0.462 e. The second-order valence-corrected chi connectivity index (χ2v) is 3.38. The van der Waals surface area contributed by atoms with E-state index in [1.54, 1.807) is 18.2 Å². The van der Waals surface area contributed by atoms with Gasteiger partial charge in [0.2, 0.25) is 0 Å². The van der Waals surface area contributed by atoms with Crippen LogP contribution in [0, 0.1) is 0 Å². The molecule has 0 saturated heterocycles. The van der Waals surface area contributed by atoms with Crippen molar-refractivity contribution in [2.24, 2.45) is 5.73 Å². The molecule has 1 aromatic carbocycles. The summed E-state index contributed by atoms with van der Waals surface area (Å²) in [5, 5.41) is 4.46. The molecule has 0 amide bonds. The molecule has 6 nitrogen and oxygen atoms in total. The Balaban J connectivity index is 0.00000162. The standard InChI is InChI=1S/C11H12N2O4.ClH/c1-7(14)16-8-2-3-10-9(6-8)11(17-13-10)15-5-4-12;/h2-3,6H,4-5,12H2,1H3;1H. The Morgan fingerprint density at radius 1 is 1.50 bits per heavy atom. The van der Waals surface area contributed by atoms with Crippen LogP contribution in [0.1, 0.15) is 6.92 Å². The summed E-state index contributed by atoms with van der Waals surface area (Å²) in [4.78, 5) is 10.8. The van der Waals surface area contributed by atoms with E-state index in [1.165, 1.54) is 6.92 Å². The molecular formula is C11H13ClN2O4. The van der Waals surface area contributed by atoms with Crippen LogP contribution in [-0.4, -0.2) is 24.3 Å². The number of rotatable bonds is 4. The molecule has 0 unspecified atom stereocenters. The molecule has 0 bridgehead atoms. The maximum absolute atomic E-state index is 10.8. The Morgan fingerprint density at radius 2 is 2.28 bits per heavy atom. The van der Waals surface area contributed by atoms with Crippen LogP contribution in [0.4, 0.5) is 0 Å². The molecule has 2 aromatic rings. The number of nitrogens with zero attached hydrogens (tertiary/aromatic N) is 1. The van der Waals surface area contributed by atoms with Gasteiger partial charge in [-0.2, -0.15) is 0 Å². The third-order valence-corrected chi connectivity index (χ3v) is 2.03. The highest BCUT2D eigenvalue weighted by molar-refractivity contribution is 5.85. The molecule has 0 radical (unpaired) electrons. The Morgan fingerprint density at radius 3 is 2.94 bits per heavy atom. The lowest BCUT2D eigenvalue weighted by atomic mass is 10.2. The zero-order valence-electron chi connectivity index (χ0n) is 9.71. The number of nitrogens with two attached hydrogens (primary N) is 1. The molecule has 0 aliphatic rings. The number of hydrogen-bond acceptors (Lipinski definition) is 6. The third-order valence-electron chi connectivity index (χ3n) is 2.03. The SMILES string of the molecule is CC(=O)Oc1ccc2noc(OCCN)c2c1.Cl. The lowest BCUT2D eigenvalue weighted by molar-refractivity contribution is -0.131. The minimum atomic E-state index is -0.384. The Labute approximate surface area is 109 Å². The molecule has 7 heteroatoms. The number of ether oxygens (including phenoxy) is 2. The van der Waals surface area contributed by atoms with E-state index in [1.807, 2.05) is 0 Å². The van der Waals surface area contributed by atoms with Gasteiger partial charge in [-0.05, 0) is 18.2 Å². The maximum atomic E-state index is 10.8. The summed E-state index contributed by atoms with van der Waals surface area (Å²) in [5.41, 5.74) is 5.96. The monoisotopic (exact) mass is 272 g/mol. The highest BCUT2D eigenvalue weighted by atomic mass is 35.5. The normalized spacial score (nSPS) is 9.89. The summed E-state index contributed by atoms with van der Waals surface area (Å²) in [6, 6.07) is 4.96. The number of benzene rings is 1. The molecule has 1 heterocycles. The van der Waals surface area contributed by atoms with E-state index < -0.39 is 0 Å². The van der Waals surface area contributed by atoms with Crippen molar-refractivity contribution in [1.82, 2.24) is 5.16 Å². The van der Waals surface area contributed by atoms with E-state index >= 15 is 0 Å². The topological polar surface area (TPSA) is 87.6 Å². The summed E-state index contributed by atoms with van der Waals surface area (Å²) in [6.07, 6.45) is 0. The fraction of sp³-hybridized carbons (Fsp3) is 0.273. The van der Waals surface area contributed by atoms with Crippen LogP contribution in [0.15, 0.2) is 22.7 Å². The molecule has 2 N–H and O–H groups in total. The summed E-state index contributed by atoms with van der Waals surface area (Å²) < 4.78 is 15.2. The van der Waals surface area contributed by atoms with Crippen LogP contribution in [0.3, 0.4) is 0 Å². The second-order valence-electron chi connectivity index (χ2n) is 3.38. The van der Waals surface area contributed by atoms with Crippen molar-refractivity contribution < 1.29 is 18.8 Å². The smallest absolute Gasteiger partial charge is 0.319 e. The molecule has 0 atom stereocenters. The molecule has 0 spiro atoms. The van der Waals surface area contributed by atoms with Crippen LogP contribution in [0.5, 0.6) is 11.7 Å². The van der Waals surface area contributed by atoms with Gasteiger partial charge < -0.3 is 19.7 Å². The van der Waals surface area contributed by atoms with Gasteiger partial charge >= 0.3 is 11.9 Å². The molecular weight excluding hydrogens is 260 g/mol. The lowest BCUT2D eigenvalue weighted by Crippen LogP contribution is -2.10. The fourth-order valence-corrected chi connectivity index (χ4v) is 1.38. The van der Waals surface area contributed by atoms with Crippen molar-refractivity contribution in [3.05, 3.63) is 18.2 Å². The molecule has 0 aliphatic carbocycles. The Hall–Kier alpha value is -1.79. The first-order valence-corrected chi connectivity index (χ1v) is 5.11. The summed E-state index contributed by atoms with van der Waals surface area (Å²) in [5.74, 6) is 0.315. The van der Waals surface area contributed by atoms with Gasteiger partial charge in [0.05, 0.1) is 5.39 Å². The first kappa shape index (κ1) is 14.3. The highest BCUT2D eigenvalue weighted by Crippen LogP contribution is 2.28. The van der Waals surface area contributed by atoms with Gasteiger partial charge in [-0.25, -0.2) is 0 Å². The number of carbonyl (C=O) groups is 1. The molecule has 1 aromatic heterocycles. The van der Waals surface area contributed by atoms with Gasteiger partial charge in [-0.1, -0.05) is 5.16 Å². The van der Waals surface area contributed by atoms with Crippen LogP contribution < -0.4 is 15.2 Å². The van der Waals surface area contributed by atoms with Crippen LogP contribution in [0.2, 0.25) is 0 Å². The maximum Gasteiger partial charge on any atom is 0.319 e. The summed E-state index contributed by atoms with van der Waals surface area (Å²) in [6.45, 7) is 2.05. The zero-order chi connectivity index (χ0) is 12.3. The lowest BCUT2D eigenvalue weighted by Gasteiger charge is -2.01. The third kappa shape index (κ3) is 3.12. The Kier molecular flexibility index (Phi) is 4.94. The average molecular weight is 273 g/mol. The molecule has 2 rings (SSSR count). The average Bonchev–Trinajstić information content (AvgIpc) is 2.68. The van der Waals surface area contributed by atoms with E-state index in [2.05, 4.69) is 5.16 Å². The zero-order valence-corrected chi connectivity index (χ0v) is 10.5. The predicted octanol–water partition coefficient (Wildman–Crippen LogP) is 1.51. The van der Waals surface area contributed by atoms with E-state index in [0.717, 1.165) is 0 Å². The van der Waals surface area contributed by atoms with Gasteiger partial charge in [0.15, 0.2) is 0 Å². The number of fused-ring (bicyclic) bond motifs is 1.